The van der Waals surface area contributed by atoms with Crippen molar-refractivity contribution < 1.29 is 0 Å². The van der Waals surface area contributed by atoms with Crippen molar-refractivity contribution in [2.24, 2.45) is 5.73 Å². The molecule has 15 heavy (non-hydrogen) atoms. The minimum Gasteiger partial charge on any atom is -0.320 e. The Bertz CT molecular complexity index is 416. The molecule has 2 rings (SSSR count). The lowest BCUT2D eigenvalue weighted by atomic mass is 10.1. The van der Waals surface area contributed by atoms with E-state index in [9.17, 15) is 0 Å². The van der Waals surface area contributed by atoms with Crippen LogP contribution in [0.3, 0.4) is 0 Å². The molecule has 0 bridgehead atoms. The highest BCUT2D eigenvalue weighted by Gasteiger charge is 2.09. The Labute approximate surface area is 108 Å². The van der Waals surface area contributed by atoms with E-state index in [1.165, 1.54) is 4.88 Å². The van der Waals surface area contributed by atoms with E-state index >= 15 is 0 Å². The van der Waals surface area contributed by atoms with Crippen molar-refractivity contribution in [1.29, 1.82) is 0 Å². The van der Waals surface area contributed by atoms with Gasteiger partial charge in [-0.05, 0) is 29.1 Å². The molecule has 1 heterocycles. The summed E-state index contributed by atoms with van der Waals surface area (Å²) in [5, 5.41) is 2.05. The Morgan fingerprint density at radius 1 is 1.20 bits per heavy atom. The van der Waals surface area contributed by atoms with Gasteiger partial charge in [-0.2, -0.15) is 0 Å². The summed E-state index contributed by atoms with van der Waals surface area (Å²) in [6.07, 6.45) is 0. The Balaban J connectivity index is 0.00000112. The van der Waals surface area contributed by atoms with Crippen LogP contribution in [0.25, 0.3) is 0 Å². The zero-order valence-electron chi connectivity index (χ0n) is 7.89. The number of thiophene rings is 1. The third-order valence-electron chi connectivity index (χ3n) is 2.06. The molecule has 1 atom stereocenters. The summed E-state index contributed by atoms with van der Waals surface area (Å²) < 4.78 is 1.07. The van der Waals surface area contributed by atoms with Crippen LogP contribution in [0.2, 0.25) is 0 Å². The van der Waals surface area contributed by atoms with Crippen LogP contribution in [0, 0.1) is 0 Å². The van der Waals surface area contributed by atoms with Crippen LogP contribution >= 0.6 is 39.7 Å². The first kappa shape index (κ1) is 12.7. The molecule has 0 aliphatic carbocycles. The van der Waals surface area contributed by atoms with E-state index in [1.54, 1.807) is 11.3 Å². The lowest BCUT2D eigenvalue weighted by molar-refractivity contribution is 0.892. The molecule has 0 amide bonds. The topological polar surface area (TPSA) is 26.0 Å². The third-order valence-corrected chi connectivity index (χ3v) is 3.51. The minimum atomic E-state index is -0.00694. The second-order valence-electron chi connectivity index (χ2n) is 3.05. The van der Waals surface area contributed by atoms with Gasteiger partial charge in [0.05, 0.1) is 6.04 Å². The van der Waals surface area contributed by atoms with Crippen molar-refractivity contribution in [1.82, 2.24) is 0 Å². The highest BCUT2D eigenvalue weighted by atomic mass is 79.9. The molecular formula is C11H11BrClNS. The summed E-state index contributed by atoms with van der Waals surface area (Å²) in [6, 6.07) is 12.2. The fourth-order valence-electron chi connectivity index (χ4n) is 1.33. The van der Waals surface area contributed by atoms with Crippen LogP contribution < -0.4 is 5.73 Å². The highest BCUT2D eigenvalue weighted by molar-refractivity contribution is 9.10. The summed E-state index contributed by atoms with van der Waals surface area (Å²) in [5.41, 5.74) is 7.26. The van der Waals surface area contributed by atoms with Gasteiger partial charge < -0.3 is 5.73 Å². The highest BCUT2D eigenvalue weighted by Crippen LogP contribution is 2.25. The summed E-state index contributed by atoms with van der Waals surface area (Å²) in [6.45, 7) is 0. The molecule has 4 heteroatoms. The van der Waals surface area contributed by atoms with Crippen LogP contribution in [0.5, 0.6) is 0 Å². The number of nitrogens with two attached hydrogens (primary N) is 1. The fourth-order valence-corrected chi connectivity index (χ4v) is 2.50. The van der Waals surface area contributed by atoms with Gasteiger partial charge in [0.15, 0.2) is 0 Å². The molecule has 0 spiro atoms. The quantitative estimate of drug-likeness (QED) is 0.892. The SMILES string of the molecule is Cl.N[C@H](c1cccc(Br)c1)c1cccs1. The van der Waals surface area contributed by atoms with Crippen LogP contribution in [0.1, 0.15) is 16.5 Å². The molecule has 0 unspecified atom stereocenters. The standard InChI is InChI=1S/C11H10BrNS.ClH/c12-9-4-1-3-8(7-9)11(13)10-5-2-6-14-10;/h1-7,11H,13H2;1H/t11-;/m1./s1. The van der Waals surface area contributed by atoms with E-state index in [4.69, 9.17) is 5.73 Å². The number of halogens is 2. The van der Waals surface area contributed by atoms with Gasteiger partial charge in [0.2, 0.25) is 0 Å². The van der Waals surface area contributed by atoms with E-state index in [0.29, 0.717) is 0 Å². The van der Waals surface area contributed by atoms with Gasteiger partial charge in [-0.3, -0.25) is 0 Å². The van der Waals surface area contributed by atoms with Gasteiger partial charge in [0.25, 0.3) is 0 Å². The predicted octanol–water partition coefficient (Wildman–Crippen LogP) is 3.98. The van der Waals surface area contributed by atoms with Crippen LogP contribution in [-0.4, -0.2) is 0 Å². The van der Waals surface area contributed by atoms with E-state index in [1.807, 2.05) is 23.6 Å². The number of hydrogen-bond acceptors (Lipinski definition) is 2. The van der Waals surface area contributed by atoms with Crippen LogP contribution in [0.15, 0.2) is 46.3 Å². The van der Waals surface area contributed by atoms with Crippen molar-refractivity contribution in [2.45, 2.75) is 6.04 Å². The predicted molar refractivity (Wildman–Crippen MR) is 71.7 cm³/mol. The Morgan fingerprint density at radius 3 is 2.60 bits per heavy atom. The van der Waals surface area contributed by atoms with Gasteiger partial charge in [0, 0.05) is 9.35 Å². The molecule has 1 aromatic carbocycles. The average molecular weight is 305 g/mol. The zero-order valence-corrected chi connectivity index (χ0v) is 11.1. The zero-order chi connectivity index (χ0) is 9.97. The first-order valence-corrected chi connectivity index (χ1v) is 5.99. The smallest absolute Gasteiger partial charge is 0.0646 e. The lowest BCUT2D eigenvalue weighted by Crippen LogP contribution is -2.09. The van der Waals surface area contributed by atoms with Gasteiger partial charge in [-0.25, -0.2) is 0 Å². The molecule has 1 aromatic heterocycles. The first-order chi connectivity index (χ1) is 6.77. The number of rotatable bonds is 2. The van der Waals surface area contributed by atoms with E-state index in [2.05, 4.69) is 34.1 Å². The fraction of sp³-hybridized carbons (Fsp3) is 0.0909. The van der Waals surface area contributed by atoms with Crippen molar-refractivity contribution in [2.75, 3.05) is 0 Å². The first-order valence-electron chi connectivity index (χ1n) is 4.32. The molecule has 0 aliphatic heterocycles. The maximum Gasteiger partial charge on any atom is 0.0646 e. The monoisotopic (exact) mass is 303 g/mol. The Kier molecular flexibility index (Phi) is 4.80. The summed E-state index contributed by atoms with van der Waals surface area (Å²) in [5.74, 6) is 0. The second-order valence-corrected chi connectivity index (χ2v) is 4.94. The summed E-state index contributed by atoms with van der Waals surface area (Å²) in [7, 11) is 0. The molecule has 2 N–H and O–H groups in total. The van der Waals surface area contributed by atoms with E-state index in [0.717, 1.165) is 10.0 Å². The van der Waals surface area contributed by atoms with Crippen molar-refractivity contribution >= 4 is 39.7 Å². The molecular weight excluding hydrogens is 294 g/mol. The van der Waals surface area contributed by atoms with Gasteiger partial charge in [0.1, 0.15) is 0 Å². The number of hydrogen-bond donors (Lipinski definition) is 1. The minimum absolute atomic E-state index is 0. The molecule has 0 fully saturated rings. The molecule has 0 saturated carbocycles. The van der Waals surface area contributed by atoms with Gasteiger partial charge in [-0.15, -0.1) is 23.7 Å². The van der Waals surface area contributed by atoms with Crippen LogP contribution in [-0.2, 0) is 0 Å². The van der Waals surface area contributed by atoms with Crippen LogP contribution in [0.4, 0.5) is 0 Å². The maximum absolute atomic E-state index is 6.12. The molecule has 1 nitrogen and oxygen atoms in total. The third kappa shape index (κ3) is 3.05. The molecule has 0 saturated heterocycles. The Hall–Kier alpha value is -0.350. The van der Waals surface area contributed by atoms with Crippen molar-refractivity contribution in [3.63, 3.8) is 0 Å². The molecule has 80 valence electrons. The van der Waals surface area contributed by atoms with Crippen molar-refractivity contribution in [3.8, 4) is 0 Å². The van der Waals surface area contributed by atoms with Gasteiger partial charge >= 0.3 is 0 Å². The Morgan fingerprint density at radius 2 is 2.00 bits per heavy atom. The van der Waals surface area contributed by atoms with E-state index in [-0.39, 0.29) is 18.4 Å². The second kappa shape index (κ2) is 5.66. The summed E-state index contributed by atoms with van der Waals surface area (Å²) in [4.78, 5) is 1.20. The van der Waals surface area contributed by atoms with Gasteiger partial charge in [-0.1, -0.05) is 34.1 Å². The van der Waals surface area contributed by atoms with E-state index < -0.39 is 0 Å². The number of benzene rings is 1. The molecule has 2 aromatic rings. The van der Waals surface area contributed by atoms with Crippen molar-refractivity contribution in [3.05, 3.63) is 56.7 Å². The largest absolute Gasteiger partial charge is 0.320 e. The summed E-state index contributed by atoms with van der Waals surface area (Å²) >= 11 is 5.13. The average Bonchev–Trinajstić information content (AvgIpc) is 2.69. The molecule has 0 aliphatic rings. The molecule has 0 radical (unpaired) electrons. The normalized spacial score (nSPS) is 11.9. The lowest BCUT2D eigenvalue weighted by Gasteiger charge is -2.09. The maximum atomic E-state index is 6.12.